The molecular formula is C24H24BrNO3. The minimum absolute atomic E-state index is 0.199. The van der Waals surface area contributed by atoms with Crippen LogP contribution in [0.15, 0.2) is 65.1 Å². The molecule has 0 saturated carbocycles. The molecule has 4 nitrogen and oxygen atoms in total. The van der Waals surface area contributed by atoms with Gasteiger partial charge in [0, 0.05) is 11.3 Å². The van der Waals surface area contributed by atoms with Crippen LogP contribution in [0.25, 0.3) is 0 Å². The third-order valence-electron chi connectivity index (χ3n) is 4.64. The van der Waals surface area contributed by atoms with E-state index in [9.17, 15) is 4.79 Å². The van der Waals surface area contributed by atoms with Crippen molar-refractivity contribution >= 4 is 27.5 Å². The molecule has 0 aliphatic heterocycles. The van der Waals surface area contributed by atoms with Gasteiger partial charge in [-0.3, -0.25) is 4.79 Å². The van der Waals surface area contributed by atoms with Crippen LogP contribution in [-0.2, 0) is 13.0 Å². The van der Waals surface area contributed by atoms with Gasteiger partial charge >= 0.3 is 0 Å². The van der Waals surface area contributed by atoms with Crippen LogP contribution in [0.1, 0.15) is 34.0 Å². The number of anilines is 1. The second kappa shape index (κ2) is 9.61. The number of hydrogen-bond acceptors (Lipinski definition) is 3. The lowest BCUT2D eigenvalue weighted by atomic mass is 10.1. The second-order valence-corrected chi connectivity index (χ2v) is 7.58. The van der Waals surface area contributed by atoms with Crippen molar-refractivity contribution in [1.82, 2.24) is 0 Å². The van der Waals surface area contributed by atoms with Crippen LogP contribution >= 0.6 is 15.9 Å². The number of ether oxygens (including phenoxy) is 2. The van der Waals surface area contributed by atoms with Crippen LogP contribution in [-0.4, -0.2) is 13.0 Å². The fourth-order valence-corrected chi connectivity index (χ4v) is 3.53. The predicted molar refractivity (Wildman–Crippen MR) is 120 cm³/mol. The maximum atomic E-state index is 12.8. The smallest absolute Gasteiger partial charge is 0.255 e. The second-order valence-electron chi connectivity index (χ2n) is 6.73. The maximum Gasteiger partial charge on any atom is 0.255 e. The van der Waals surface area contributed by atoms with Crippen LogP contribution in [0, 0.1) is 6.92 Å². The molecule has 0 aliphatic carbocycles. The van der Waals surface area contributed by atoms with E-state index in [0.717, 1.165) is 23.2 Å². The maximum absolute atomic E-state index is 12.8. The molecule has 0 saturated heterocycles. The molecule has 0 atom stereocenters. The molecule has 1 amide bonds. The first-order valence-electron chi connectivity index (χ1n) is 9.47. The molecule has 0 heterocycles. The Morgan fingerprint density at radius 3 is 2.48 bits per heavy atom. The molecule has 0 fully saturated rings. The molecule has 3 rings (SSSR count). The zero-order valence-corrected chi connectivity index (χ0v) is 18.4. The van der Waals surface area contributed by atoms with Gasteiger partial charge in [-0.25, -0.2) is 0 Å². The number of para-hydroxylation sites is 1. The summed E-state index contributed by atoms with van der Waals surface area (Å²) in [5.41, 5.74) is 4.65. The SMILES string of the molecule is CCc1ccccc1NC(=O)c1cc(Br)c(OCc2ccc(C)cc2)c(OC)c1. The Kier molecular flexibility index (Phi) is 6.94. The highest BCUT2D eigenvalue weighted by molar-refractivity contribution is 9.10. The van der Waals surface area contributed by atoms with Crippen molar-refractivity contribution in [3.63, 3.8) is 0 Å². The minimum Gasteiger partial charge on any atom is -0.493 e. The molecule has 1 N–H and O–H groups in total. The van der Waals surface area contributed by atoms with Gasteiger partial charge in [-0.15, -0.1) is 0 Å². The Labute approximate surface area is 180 Å². The number of aryl methyl sites for hydroxylation is 2. The molecule has 5 heteroatoms. The van der Waals surface area contributed by atoms with E-state index in [1.807, 2.05) is 55.5 Å². The number of rotatable bonds is 7. The molecular weight excluding hydrogens is 430 g/mol. The number of methoxy groups -OCH3 is 1. The molecule has 0 spiro atoms. The van der Waals surface area contributed by atoms with Gasteiger partial charge in [-0.05, 0) is 58.6 Å². The summed E-state index contributed by atoms with van der Waals surface area (Å²) < 4.78 is 12.1. The summed E-state index contributed by atoms with van der Waals surface area (Å²) in [5.74, 6) is 0.869. The van der Waals surface area contributed by atoms with Gasteiger partial charge in [0.2, 0.25) is 0 Å². The number of hydrogen-bond donors (Lipinski definition) is 1. The number of carbonyl (C=O) groups excluding carboxylic acids is 1. The van der Waals surface area contributed by atoms with E-state index in [4.69, 9.17) is 9.47 Å². The minimum atomic E-state index is -0.199. The zero-order valence-electron chi connectivity index (χ0n) is 16.8. The first-order chi connectivity index (χ1) is 14.0. The van der Waals surface area contributed by atoms with Gasteiger partial charge < -0.3 is 14.8 Å². The fourth-order valence-electron chi connectivity index (χ4n) is 2.98. The molecule has 150 valence electrons. The predicted octanol–water partition coefficient (Wildman–Crippen LogP) is 6.16. The van der Waals surface area contributed by atoms with E-state index in [2.05, 4.69) is 28.2 Å². The number of halogens is 1. The highest BCUT2D eigenvalue weighted by atomic mass is 79.9. The van der Waals surface area contributed by atoms with E-state index >= 15 is 0 Å². The lowest BCUT2D eigenvalue weighted by Gasteiger charge is -2.15. The van der Waals surface area contributed by atoms with Gasteiger partial charge in [0.05, 0.1) is 11.6 Å². The lowest BCUT2D eigenvalue weighted by Crippen LogP contribution is -2.13. The summed E-state index contributed by atoms with van der Waals surface area (Å²) in [7, 11) is 1.56. The summed E-state index contributed by atoms with van der Waals surface area (Å²) in [6.45, 7) is 4.52. The van der Waals surface area contributed by atoms with Crippen LogP contribution in [0.3, 0.4) is 0 Å². The third-order valence-corrected chi connectivity index (χ3v) is 5.23. The van der Waals surface area contributed by atoms with Gasteiger partial charge in [0.25, 0.3) is 5.91 Å². The van der Waals surface area contributed by atoms with Gasteiger partial charge in [0.1, 0.15) is 6.61 Å². The van der Waals surface area contributed by atoms with Gasteiger partial charge in [-0.2, -0.15) is 0 Å². The van der Waals surface area contributed by atoms with E-state index in [1.54, 1.807) is 19.2 Å². The Hall–Kier alpha value is -2.79. The number of nitrogens with one attached hydrogen (secondary N) is 1. The number of carbonyl (C=O) groups is 1. The standard InChI is InChI=1S/C24H24BrNO3/c1-4-18-7-5-6-8-21(18)26-24(27)19-13-20(25)23(22(14-19)28-3)29-15-17-11-9-16(2)10-12-17/h5-14H,4,15H2,1-3H3,(H,26,27). The molecule has 0 bridgehead atoms. The molecule has 0 radical (unpaired) electrons. The van der Waals surface area contributed by atoms with Crippen molar-refractivity contribution in [3.8, 4) is 11.5 Å². The molecule has 29 heavy (non-hydrogen) atoms. The topological polar surface area (TPSA) is 47.6 Å². The Bertz CT molecular complexity index is 1000. The third kappa shape index (κ3) is 5.18. The van der Waals surface area contributed by atoms with E-state index in [1.165, 1.54) is 5.56 Å². The van der Waals surface area contributed by atoms with Crippen LogP contribution in [0.4, 0.5) is 5.69 Å². The van der Waals surface area contributed by atoms with Gasteiger partial charge in [0.15, 0.2) is 11.5 Å². The Morgan fingerprint density at radius 1 is 1.07 bits per heavy atom. The largest absolute Gasteiger partial charge is 0.493 e. The average Bonchev–Trinajstić information content (AvgIpc) is 2.73. The van der Waals surface area contributed by atoms with Crippen molar-refractivity contribution in [2.45, 2.75) is 26.9 Å². The Morgan fingerprint density at radius 2 is 1.79 bits per heavy atom. The molecule has 0 aromatic heterocycles. The number of amides is 1. The van der Waals surface area contributed by atoms with Gasteiger partial charge in [-0.1, -0.05) is 55.0 Å². The van der Waals surface area contributed by atoms with Crippen LogP contribution in [0.2, 0.25) is 0 Å². The van der Waals surface area contributed by atoms with Crippen molar-refractivity contribution in [3.05, 3.63) is 87.4 Å². The molecule has 3 aromatic rings. The lowest BCUT2D eigenvalue weighted by molar-refractivity contribution is 0.102. The summed E-state index contributed by atoms with van der Waals surface area (Å²) >= 11 is 3.52. The normalized spacial score (nSPS) is 10.5. The highest BCUT2D eigenvalue weighted by Gasteiger charge is 2.16. The molecule has 0 aliphatic rings. The van der Waals surface area contributed by atoms with Crippen molar-refractivity contribution in [2.24, 2.45) is 0 Å². The fraction of sp³-hybridized carbons (Fsp3) is 0.208. The van der Waals surface area contributed by atoms with E-state index < -0.39 is 0 Å². The summed E-state index contributed by atoms with van der Waals surface area (Å²) in [5, 5.41) is 2.98. The van der Waals surface area contributed by atoms with Crippen molar-refractivity contribution < 1.29 is 14.3 Å². The summed E-state index contributed by atoms with van der Waals surface area (Å²) in [4.78, 5) is 12.8. The van der Waals surface area contributed by atoms with Crippen LogP contribution < -0.4 is 14.8 Å². The first kappa shape index (κ1) is 20.9. The quantitative estimate of drug-likeness (QED) is 0.465. The van der Waals surface area contributed by atoms with Crippen molar-refractivity contribution in [1.29, 1.82) is 0 Å². The molecule has 0 unspecified atom stereocenters. The van der Waals surface area contributed by atoms with Crippen molar-refractivity contribution in [2.75, 3.05) is 12.4 Å². The van der Waals surface area contributed by atoms with E-state index in [-0.39, 0.29) is 5.91 Å². The first-order valence-corrected chi connectivity index (χ1v) is 10.3. The van der Waals surface area contributed by atoms with Crippen LogP contribution in [0.5, 0.6) is 11.5 Å². The molecule has 3 aromatic carbocycles. The zero-order chi connectivity index (χ0) is 20.8. The average molecular weight is 454 g/mol. The van der Waals surface area contributed by atoms with E-state index in [0.29, 0.717) is 28.1 Å². The number of benzene rings is 3. The highest BCUT2D eigenvalue weighted by Crippen LogP contribution is 2.37. The summed E-state index contributed by atoms with van der Waals surface area (Å²) in [6, 6.07) is 19.4. The monoisotopic (exact) mass is 453 g/mol. The Balaban J connectivity index is 1.80. The summed E-state index contributed by atoms with van der Waals surface area (Å²) in [6.07, 6.45) is 0.843.